The molecule has 2 N–H and O–H groups in total. The molecule has 0 saturated carbocycles. The van der Waals surface area contributed by atoms with Gasteiger partial charge in [-0.1, -0.05) is 18.2 Å². The topological polar surface area (TPSA) is 89.1 Å². The fourth-order valence-electron chi connectivity index (χ4n) is 4.08. The average Bonchev–Trinajstić information content (AvgIpc) is 3.44. The van der Waals surface area contributed by atoms with Gasteiger partial charge < -0.3 is 29.7 Å². The second-order valence-corrected chi connectivity index (χ2v) is 7.64. The number of methoxy groups -OCH3 is 1. The van der Waals surface area contributed by atoms with Crippen LogP contribution in [-0.2, 0) is 11.3 Å². The van der Waals surface area contributed by atoms with E-state index in [1.165, 1.54) is 0 Å². The van der Waals surface area contributed by atoms with Crippen molar-refractivity contribution >= 4 is 11.9 Å². The lowest BCUT2D eigenvalue weighted by Gasteiger charge is -2.19. The molecule has 31 heavy (non-hydrogen) atoms. The first-order valence-corrected chi connectivity index (χ1v) is 10.4. The summed E-state index contributed by atoms with van der Waals surface area (Å²) in [4.78, 5) is 27.3. The van der Waals surface area contributed by atoms with Crippen LogP contribution in [-0.4, -0.2) is 50.4 Å². The molecule has 0 aromatic heterocycles. The zero-order valence-corrected chi connectivity index (χ0v) is 17.7. The fourth-order valence-corrected chi connectivity index (χ4v) is 4.08. The number of carbonyl (C=O) groups is 2. The Kier molecular flexibility index (Phi) is 6.16. The monoisotopic (exact) mass is 425 g/mol. The van der Waals surface area contributed by atoms with E-state index in [1.54, 1.807) is 12.0 Å². The summed E-state index contributed by atoms with van der Waals surface area (Å²) in [5.41, 5.74) is 1.91. The Bertz CT molecular complexity index is 964. The van der Waals surface area contributed by atoms with E-state index in [0.717, 1.165) is 16.9 Å². The average molecular weight is 425 g/mol. The predicted molar refractivity (Wildman–Crippen MR) is 114 cm³/mol. The van der Waals surface area contributed by atoms with Gasteiger partial charge in [0.1, 0.15) is 5.75 Å². The van der Waals surface area contributed by atoms with Crippen LogP contribution >= 0.6 is 0 Å². The highest BCUT2D eigenvalue weighted by Crippen LogP contribution is 2.35. The van der Waals surface area contributed by atoms with Gasteiger partial charge in [0.15, 0.2) is 11.5 Å². The molecular weight excluding hydrogens is 398 g/mol. The second-order valence-electron chi connectivity index (χ2n) is 7.64. The summed E-state index contributed by atoms with van der Waals surface area (Å²) in [6, 6.07) is 13.2. The maximum atomic E-state index is 13.2. The molecule has 164 valence electrons. The van der Waals surface area contributed by atoms with Gasteiger partial charge in [0, 0.05) is 32.1 Å². The van der Waals surface area contributed by atoms with Crippen molar-refractivity contribution in [3.8, 4) is 17.2 Å². The van der Waals surface area contributed by atoms with Crippen molar-refractivity contribution in [2.45, 2.75) is 19.4 Å². The maximum Gasteiger partial charge on any atom is 0.317 e. The number of hydrogen-bond donors (Lipinski definition) is 2. The molecule has 2 unspecified atom stereocenters. The van der Waals surface area contributed by atoms with Gasteiger partial charge in [-0.2, -0.15) is 0 Å². The summed E-state index contributed by atoms with van der Waals surface area (Å²) in [5, 5.41) is 5.86. The Morgan fingerprint density at radius 3 is 2.74 bits per heavy atom. The molecule has 2 aromatic carbocycles. The lowest BCUT2D eigenvalue weighted by atomic mass is 9.88. The van der Waals surface area contributed by atoms with Crippen molar-refractivity contribution in [2.24, 2.45) is 5.92 Å². The maximum absolute atomic E-state index is 13.2. The lowest BCUT2D eigenvalue weighted by molar-refractivity contribution is -0.125. The Morgan fingerprint density at radius 2 is 1.94 bits per heavy atom. The molecule has 2 atom stereocenters. The van der Waals surface area contributed by atoms with E-state index in [-0.39, 0.29) is 30.6 Å². The van der Waals surface area contributed by atoms with E-state index in [2.05, 4.69) is 10.6 Å². The third-order valence-corrected chi connectivity index (χ3v) is 5.70. The SMILES string of the molecule is CCNC(=O)N1CC(C(=O)NCc2ccc3c(c2)OCO3)C(c2cccc(OC)c2)C1. The standard InChI is InChI=1S/C23H27N3O5/c1-3-24-23(28)26-12-18(16-5-4-6-17(10-16)29-2)19(13-26)22(27)25-11-15-7-8-20-21(9-15)31-14-30-20/h4-10,18-19H,3,11-14H2,1-2H3,(H,24,28)(H,25,27). The zero-order chi connectivity index (χ0) is 21.8. The third-order valence-electron chi connectivity index (χ3n) is 5.70. The first kappa shape index (κ1) is 20.8. The van der Waals surface area contributed by atoms with Crippen LogP contribution in [0.1, 0.15) is 24.0 Å². The van der Waals surface area contributed by atoms with Gasteiger partial charge in [-0.25, -0.2) is 4.79 Å². The normalized spacial score (nSPS) is 19.2. The van der Waals surface area contributed by atoms with E-state index >= 15 is 0 Å². The molecular formula is C23H27N3O5. The molecule has 3 amide bonds. The Labute approximate surface area is 181 Å². The smallest absolute Gasteiger partial charge is 0.317 e. The van der Waals surface area contributed by atoms with Crippen molar-refractivity contribution in [3.63, 3.8) is 0 Å². The number of urea groups is 1. The number of carbonyl (C=O) groups excluding carboxylic acids is 2. The van der Waals surface area contributed by atoms with Crippen molar-refractivity contribution in [1.82, 2.24) is 15.5 Å². The van der Waals surface area contributed by atoms with E-state index < -0.39 is 0 Å². The summed E-state index contributed by atoms with van der Waals surface area (Å²) in [7, 11) is 1.62. The molecule has 8 heteroatoms. The van der Waals surface area contributed by atoms with Gasteiger partial charge in [-0.15, -0.1) is 0 Å². The largest absolute Gasteiger partial charge is 0.497 e. The van der Waals surface area contributed by atoms with Crippen LogP contribution < -0.4 is 24.8 Å². The second kappa shape index (κ2) is 9.16. The number of likely N-dealkylation sites (tertiary alicyclic amines) is 1. The molecule has 1 fully saturated rings. The predicted octanol–water partition coefficient (Wildman–Crippen LogP) is 2.49. The quantitative estimate of drug-likeness (QED) is 0.742. The molecule has 8 nitrogen and oxygen atoms in total. The minimum Gasteiger partial charge on any atom is -0.497 e. The van der Waals surface area contributed by atoms with Gasteiger partial charge >= 0.3 is 6.03 Å². The summed E-state index contributed by atoms with van der Waals surface area (Å²) < 4.78 is 16.1. The summed E-state index contributed by atoms with van der Waals surface area (Å²) in [6.07, 6.45) is 0. The van der Waals surface area contributed by atoms with Crippen LogP contribution in [0, 0.1) is 5.92 Å². The number of rotatable bonds is 6. The summed E-state index contributed by atoms with van der Waals surface area (Å²) in [6.45, 7) is 3.84. The fraction of sp³-hybridized carbons (Fsp3) is 0.391. The van der Waals surface area contributed by atoms with Gasteiger partial charge in [0.05, 0.1) is 13.0 Å². The van der Waals surface area contributed by atoms with Crippen molar-refractivity contribution in [1.29, 1.82) is 0 Å². The van der Waals surface area contributed by atoms with Gasteiger partial charge in [-0.05, 0) is 42.3 Å². The molecule has 0 spiro atoms. The third kappa shape index (κ3) is 4.52. The van der Waals surface area contributed by atoms with Gasteiger partial charge in [0.2, 0.25) is 12.7 Å². The van der Waals surface area contributed by atoms with Crippen LogP contribution in [0.15, 0.2) is 42.5 Å². The van der Waals surface area contributed by atoms with Crippen LogP contribution in [0.3, 0.4) is 0 Å². The van der Waals surface area contributed by atoms with Crippen LogP contribution in [0.4, 0.5) is 4.79 Å². The van der Waals surface area contributed by atoms with Gasteiger partial charge in [0.25, 0.3) is 0 Å². The molecule has 0 bridgehead atoms. The van der Waals surface area contributed by atoms with Crippen LogP contribution in [0.25, 0.3) is 0 Å². The first-order valence-electron chi connectivity index (χ1n) is 10.4. The number of hydrogen-bond acceptors (Lipinski definition) is 5. The minimum absolute atomic E-state index is 0.0858. The van der Waals surface area contributed by atoms with E-state index in [0.29, 0.717) is 37.7 Å². The Morgan fingerprint density at radius 1 is 1.10 bits per heavy atom. The molecule has 2 heterocycles. The Hall–Kier alpha value is -3.42. The van der Waals surface area contributed by atoms with Gasteiger partial charge in [-0.3, -0.25) is 4.79 Å². The molecule has 4 rings (SSSR count). The highest BCUT2D eigenvalue weighted by molar-refractivity contribution is 5.83. The highest BCUT2D eigenvalue weighted by atomic mass is 16.7. The first-order chi connectivity index (χ1) is 15.1. The molecule has 1 saturated heterocycles. The molecule has 2 aromatic rings. The Balaban J connectivity index is 1.49. The minimum atomic E-state index is -0.358. The summed E-state index contributed by atoms with van der Waals surface area (Å²) >= 11 is 0. The molecule has 0 aliphatic carbocycles. The van der Waals surface area contributed by atoms with Crippen molar-refractivity contribution < 1.29 is 23.8 Å². The van der Waals surface area contributed by atoms with E-state index in [9.17, 15) is 9.59 Å². The molecule has 0 radical (unpaired) electrons. The number of ether oxygens (including phenoxy) is 3. The number of amides is 3. The summed E-state index contributed by atoms with van der Waals surface area (Å²) in [5.74, 6) is 1.56. The highest BCUT2D eigenvalue weighted by Gasteiger charge is 2.40. The number of nitrogens with one attached hydrogen (secondary N) is 2. The molecule has 2 aliphatic rings. The van der Waals surface area contributed by atoms with Crippen LogP contribution in [0.5, 0.6) is 17.2 Å². The lowest BCUT2D eigenvalue weighted by Crippen LogP contribution is -2.39. The van der Waals surface area contributed by atoms with Crippen molar-refractivity contribution in [2.75, 3.05) is 33.5 Å². The van der Waals surface area contributed by atoms with Crippen molar-refractivity contribution in [3.05, 3.63) is 53.6 Å². The van der Waals surface area contributed by atoms with E-state index in [4.69, 9.17) is 14.2 Å². The molecule has 2 aliphatic heterocycles. The number of benzene rings is 2. The van der Waals surface area contributed by atoms with E-state index in [1.807, 2.05) is 49.4 Å². The number of nitrogens with zero attached hydrogens (tertiary/aromatic N) is 1. The van der Waals surface area contributed by atoms with Crippen LogP contribution in [0.2, 0.25) is 0 Å². The zero-order valence-electron chi connectivity index (χ0n) is 17.7. The number of fused-ring (bicyclic) bond motifs is 1.